The summed E-state index contributed by atoms with van der Waals surface area (Å²) in [6.07, 6.45) is 1.91. The van der Waals surface area contributed by atoms with Gasteiger partial charge in [-0.2, -0.15) is 0 Å². The van der Waals surface area contributed by atoms with E-state index in [0.29, 0.717) is 22.4 Å². The molecule has 3 rings (SSSR count). The third kappa shape index (κ3) is 5.04. The van der Waals surface area contributed by atoms with Crippen molar-refractivity contribution in [3.05, 3.63) is 65.1 Å². The van der Waals surface area contributed by atoms with E-state index in [4.69, 9.17) is 17.0 Å². The lowest BCUT2D eigenvalue weighted by atomic mass is 10.1. The van der Waals surface area contributed by atoms with Gasteiger partial charge in [0.1, 0.15) is 16.7 Å². The molecule has 1 aliphatic rings. The average Bonchev–Trinajstić information content (AvgIpc) is 2.88. The maximum Gasteiger partial charge on any atom is 0.266 e. The molecular weight excluding hydrogens is 604 g/mol. The van der Waals surface area contributed by atoms with Crippen LogP contribution < -0.4 is 4.74 Å². The molecule has 2 aromatic carbocycles. The van der Waals surface area contributed by atoms with Gasteiger partial charge in [-0.05, 0) is 88.4 Å². The summed E-state index contributed by atoms with van der Waals surface area (Å²) in [5, 5.41) is 0. The Morgan fingerprint density at radius 2 is 1.81 bits per heavy atom. The van der Waals surface area contributed by atoms with E-state index in [2.05, 4.69) is 76.4 Å². The molecule has 0 radical (unpaired) electrons. The van der Waals surface area contributed by atoms with Crippen LogP contribution in [0.25, 0.3) is 6.08 Å². The molecule has 0 atom stereocenters. The van der Waals surface area contributed by atoms with E-state index >= 15 is 0 Å². The summed E-state index contributed by atoms with van der Waals surface area (Å²) in [6.45, 7) is 5.13. The number of aryl methyl sites for hydroxylation is 1. The number of carbonyl (C=O) groups excluding carboxylic acids is 1. The smallest absolute Gasteiger partial charge is 0.266 e. The molecule has 1 saturated heterocycles. The van der Waals surface area contributed by atoms with Crippen LogP contribution in [-0.4, -0.2) is 21.7 Å². The molecular formula is C20H17I2NO2S2. The molecule has 0 spiro atoms. The van der Waals surface area contributed by atoms with Crippen LogP contribution >= 0.6 is 69.2 Å². The number of nitrogens with zero attached hydrogens (tertiary/aromatic N) is 1. The normalized spacial score (nSPS) is 15.7. The monoisotopic (exact) mass is 621 g/mol. The summed E-state index contributed by atoms with van der Waals surface area (Å²) in [6, 6.07) is 12.4. The second kappa shape index (κ2) is 9.23. The van der Waals surface area contributed by atoms with E-state index < -0.39 is 0 Å². The van der Waals surface area contributed by atoms with Gasteiger partial charge in [-0.3, -0.25) is 9.69 Å². The van der Waals surface area contributed by atoms with Crippen molar-refractivity contribution < 1.29 is 9.53 Å². The van der Waals surface area contributed by atoms with Crippen LogP contribution in [0.3, 0.4) is 0 Å². The first-order chi connectivity index (χ1) is 12.9. The lowest BCUT2D eigenvalue weighted by molar-refractivity contribution is -0.121. The highest BCUT2D eigenvalue weighted by atomic mass is 127. The average molecular weight is 621 g/mol. The van der Waals surface area contributed by atoms with Gasteiger partial charge in [0.15, 0.2) is 0 Å². The van der Waals surface area contributed by atoms with Crippen LogP contribution in [0.15, 0.2) is 41.3 Å². The lowest BCUT2D eigenvalue weighted by Crippen LogP contribution is -2.27. The van der Waals surface area contributed by atoms with Gasteiger partial charge in [0.05, 0.1) is 12.0 Å². The van der Waals surface area contributed by atoms with E-state index in [1.54, 1.807) is 4.90 Å². The largest absolute Gasteiger partial charge is 0.487 e. The van der Waals surface area contributed by atoms with Crippen molar-refractivity contribution in [2.75, 3.05) is 6.54 Å². The molecule has 0 aromatic heterocycles. The van der Waals surface area contributed by atoms with Crippen LogP contribution in [0, 0.1) is 14.1 Å². The minimum atomic E-state index is -0.0165. The van der Waals surface area contributed by atoms with E-state index in [1.807, 2.05) is 25.1 Å². The highest BCUT2D eigenvalue weighted by Gasteiger charge is 2.30. The Kier molecular flexibility index (Phi) is 7.20. The van der Waals surface area contributed by atoms with Crippen molar-refractivity contribution in [1.82, 2.24) is 4.90 Å². The number of halogens is 2. The number of benzene rings is 2. The second-order valence-corrected chi connectivity index (χ2v) is 10.0. The zero-order chi connectivity index (χ0) is 19.6. The molecule has 0 N–H and O–H groups in total. The number of carbonyl (C=O) groups is 1. The second-order valence-electron chi connectivity index (χ2n) is 6.01. The fourth-order valence-corrected chi connectivity index (χ4v) is 6.08. The Bertz CT molecular complexity index is 903. The van der Waals surface area contributed by atoms with Gasteiger partial charge in [-0.15, -0.1) is 0 Å². The summed E-state index contributed by atoms with van der Waals surface area (Å²) in [5.41, 5.74) is 3.35. The van der Waals surface area contributed by atoms with Crippen molar-refractivity contribution in [3.8, 4) is 5.75 Å². The van der Waals surface area contributed by atoms with E-state index in [9.17, 15) is 4.79 Å². The maximum absolute atomic E-state index is 12.4. The molecule has 140 valence electrons. The topological polar surface area (TPSA) is 29.5 Å². The highest BCUT2D eigenvalue weighted by molar-refractivity contribution is 14.1. The molecule has 0 bridgehead atoms. The molecule has 0 aliphatic carbocycles. The van der Waals surface area contributed by atoms with Crippen LogP contribution in [0.1, 0.15) is 23.6 Å². The Labute approximate surface area is 196 Å². The van der Waals surface area contributed by atoms with Crippen molar-refractivity contribution in [2.24, 2.45) is 0 Å². The molecule has 1 amide bonds. The summed E-state index contributed by atoms with van der Waals surface area (Å²) < 4.78 is 8.71. The van der Waals surface area contributed by atoms with Gasteiger partial charge in [0, 0.05) is 6.54 Å². The lowest BCUT2D eigenvalue weighted by Gasteiger charge is -2.12. The van der Waals surface area contributed by atoms with Crippen molar-refractivity contribution >= 4 is 85.5 Å². The predicted octanol–water partition coefficient (Wildman–Crippen LogP) is 6.00. The van der Waals surface area contributed by atoms with E-state index in [-0.39, 0.29) is 5.91 Å². The number of hydrogen-bond donors (Lipinski definition) is 0. The van der Waals surface area contributed by atoms with Crippen LogP contribution in [-0.2, 0) is 11.4 Å². The number of likely N-dealkylation sites (N-methyl/N-ethyl adjacent to an activating group) is 1. The summed E-state index contributed by atoms with van der Waals surface area (Å²) in [4.78, 5) is 14.7. The molecule has 1 fully saturated rings. The molecule has 0 unspecified atom stereocenters. The Balaban J connectivity index is 1.79. The van der Waals surface area contributed by atoms with E-state index in [1.165, 1.54) is 17.3 Å². The minimum absolute atomic E-state index is 0.0165. The maximum atomic E-state index is 12.4. The minimum Gasteiger partial charge on any atom is -0.487 e. The van der Waals surface area contributed by atoms with Crippen molar-refractivity contribution in [1.29, 1.82) is 0 Å². The number of ether oxygens (including phenoxy) is 1. The standard InChI is InChI=1S/C20H17I2NO2S2/c1-3-23-19(24)17(27-20(23)26)10-14-8-15(21)18(16(22)9-14)25-11-13-6-4-12(2)5-7-13/h4-10H,3,11H2,1-2H3/b17-10-. The number of hydrogen-bond acceptors (Lipinski definition) is 4. The Hall–Kier alpha value is -0.650. The Morgan fingerprint density at radius 1 is 1.19 bits per heavy atom. The summed E-state index contributed by atoms with van der Waals surface area (Å²) in [5.74, 6) is 0.854. The van der Waals surface area contributed by atoms with Crippen LogP contribution in [0.2, 0.25) is 0 Å². The summed E-state index contributed by atoms with van der Waals surface area (Å²) in [7, 11) is 0. The molecule has 27 heavy (non-hydrogen) atoms. The van der Waals surface area contributed by atoms with Crippen molar-refractivity contribution in [2.45, 2.75) is 20.5 Å². The first-order valence-electron chi connectivity index (χ1n) is 8.31. The van der Waals surface area contributed by atoms with E-state index in [0.717, 1.165) is 24.0 Å². The first-order valence-corrected chi connectivity index (χ1v) is 11.7. The molecule has 0 saturated carbocycles. The first kappa shape index (κ1) is 21.1. The summed E-state index contributed by atoms with van der Waals surface area (Å²) >= 11 is 11.2. The number of rotatable bonds is 5. The van der Waals surface area contributed by atoms with Gasteiger partial charge >= 0.3 is 0 Å². The van der Waals surface area contributed by atoms with Crippen molar-refractivity contribution in [3.63, 3.8) is 0 Å². The van der Waals surface area contributed by atoms with Crippen LogP contribution in [0.5, 0.6) is 5.75 Å². The fraction of sp³-hybridized carbons (Fsp3) is 0.200. The molecule has 1 aliphatic heterocycles. The third-order valence-corrected chi connectivity index (χ3v) is 6.99. The van der Waals surface area contributed by atoms with Gasteiger partial charge in [0.25, 0.3) is 5.91 Å². The molecule has 7 heteroatoms. The zero-order valence-corrected chi connectivity index (χ0v) is 20.7. The number of thiocarbonyl (C=S) groups is 1. The molecule has 2 aromatic rings. The van der Waals surface area contributed by atoms with Gasteiger partial charge in [-0.1, -0.05) is 53.8 Å². The zero-order valence-electron chi connectivity index (χ0n) is 14.8. The van der Waals surface area contributed by atoms with Gasteiger partial charge in [-0.25, -0.2) is 0 Å². The number of amides is 1. The van der Waals surface area contributed by atoms with Gasteiger partial charge < -0.3 is 4.74 Å². The van der Waals surface area contributed by atoms with Crippen LogP contribution in [0.4, 0.5) is 0 Å². The van der Waals surface area contributed by atoms with Gasteiger partial charge in [0.2, 0.25) is 0 Å². The highest BCUT2D eigenvalue weighted by Crippen LogP contribution is 2.35. The SMILES string of the molecule is CCN1C(=O)/C(=C/c2cc(I)c(OCc3ccc(C)cc3)c(I)c2)SC1=S. The Morgan fingerprint density at radius 3 is 2.37 bits per heavy atom. The molecule has 3 nitrogen and oxygen atoms in total. The third-order valence-electron chi connectivity index (χ3n) is 4.01. The number of thioether (sulfide) groups is 1. The predicted molar refractivity (Wildman–Crippen MR) is 133 cm³/mol. The quantitative estimate of drug-likeness (QED) is 0.233. The molecule has 1 heterocycles. The fourth-order valence-electron chi connectivity index (χ4n) is 2.56.